The van der Waals surface area contributed by atoms with Crippen molar-refractivity contribution in [2.45, 2.75) is 13.8 Å². The van der Waals surface area contributed by atoms with Gasteiger partial charge in [-0.25, -0.2) is 0 Å². The Hall–Kier alpha value is -7.42. The highest BCUT2D eigenvalue weighted by molar-refractivity contribution is 6.12. The van der Waals surface area contributed by atoms with Crippen molar-refractivity contribution in [3.05, 3.63) is 230 Å². The minimum Gasteiger partial charge on any atom is -0.309 e. The molecule has 0 radical (unpaired) electrons. The lowest BCUT2D eigenvalue weighted by atomic mass is 10.0. The van der Waals surface area contributed by atoms with Crippen LogP contribution in [0.15, 0.2) is 218 Å². The molecule has 0 fully saturated rings. The zero-order chi connectivity index (χ0) is 39.0. The molecule has 0 aliphatic rings. The maximum absolute atomic E-state index is 2.39. The van der Waals surface area contributed by atoms with E-state index < -0.39 is 0 Å². The second kappa shape index (κ2) is 14.9. The molecule has 11 rings (SSSR count). The molecular weight excluding hydrogens is 701 g/mol. The Labute approximate surface area is 339 Å². The van der Waals surface area contributed by atoms with Crippen molar-refractivity contribution in [1.29, 1.82) is 0 Å². The summed E-state index contributed by atoms with van der Waals surface area (Å²) < 4.78 is 4.76. The minimum absolute atomic E-state index is 1.20. The van der Waals surface area contributed by atoms with E-state index in [1.165, 1.54) is 99.5 Å². The average molecular weight is 743 g/mol. The van der Waals surface area contributed by atoms with E-state index in [0.29, 0.717) is 0 Å². The topological polar surface area (TPSA) is 9.86 Å². The summed E-state index contributed by atoms with van der Waals surface area (Å²) in [6.45, 7) is 4.29. The van der Waals surface area contributed by atoms with Gasteiger partial charge >= 0.3 is 0 Å². The molecule has 2 nitrogen and oxygen atoms in total. The quantitative estimate of drug-likeness (QED) is 0.166. The van der Waals surface area contributed by atoms with Crippen LogP contribution in [0.5, 0.6) is 0 Å². The summed E-state index contributed by atoms with van der Waals surface area (Å²) >= 11 is 0. The fraction of sp³-hybridized carbons (Fsp3) is 0.0357. The maximum Gasteiger partial charge on any atom is 0.0541 e. The maximum atomic E-state index is 2.39. The molecule has 0 unspecified atom stereocenters. The number of rotatable bonds is 5. The smallest absolute Gasteiger partial charge is 0.0541 e. The molecule has 0 spiro atoms. The lowest BCUT2D eigenvalue weighted by Crippen LogP contribution is -1.94. The van der Waals surface area contributed by atoms with E-state index >= 15 is 0 Å². The van der Waals surface area contributed by atoms with Crippen LogP contribution in [0.2, 0.25) is 0 Å². The second-order valence-corrected chi connectivity index (χ2v) is 15.2. The summed E-state index contributed by atoms with van der Waals surface area (Å²) in [5.74, 6) is 0. The molecule has 0 saturated heterocycles. The van der Waals surface area contributed by atoms with Gasteiger partial charge in [-0.2, -0.15) is 0 Å². The molecule has 2 aromatic heterocycles. The fourth-order valence-electron chi connectivity index (χ4n) is 8.52. The molecule has 11 aromatic rings. The molecule has 0 bridgehead atoms. The number of fused-ring (bicyclic) bond motifs is 6. The first-order valence-electron chi connectivity index (χ1n) is 20.0. The number of aryl methyl sites for hydroxylation is 2. The summed E-state index contributed by atoms with van der Waals surface area (Å²) in [6, 6.07) is 78.4. The first kappa shape index (κ1) is 35.0. The molecule has 276 valence electrons. The van der Waals surface area contributed by atoms with Gasteiger partial charge in [-0.1, -0.05) is 152 Å². The van der Waals surface area contributed by atoms with Crippen LogP contribution in [-0.4, -0.2) is 9.13 Å². The average Bonchev–Trinajstić information content (AvgIpc) is 3.79. The van der Waals surface area contributed by atoms with Crippen molar-refractivity contribution in [2.75, 3.05) is 0 Å². The third-order valence-corrected chi connectivity index (χ3v) is 11.3. The largest absolute Gasteiger partial charge is 0.309 e. The zero-order valence-electron chi connectivity index (χ0n) is 32.7. The molecular formula is C56H42N2. The number of hydrogen-bond donors (Lipinski definition) is 0. The molecule has 0 amide bonds. The van der Waals surface area contributed by atoms with Crippen LogP contribution in [0.25, 0.3) is 88.4 Å². The van der Waals surface area contributed by atoms with Gasteiger partial charge in [0.1, 0.15) is 0 Å². The molecule has 2 heterocycles. The first-order chi connectivity index (χ1) is 28.6. The van der Waals surface area contributed by atoms with E-state index in [2.05, 4.69) is 241 Å². The summed E-state index contributed by atoms with van der Waals surface area (Å²) in [5, 5.41) is 5.14. The van der Waals surface area contributed by atoms with Crippen LogP contribution < -0.4 is 0 Å². The summed E-state index contributed by atoms with van der Waals surface area (Å²) in [6.07, 6.45) is 0. The first-order valence-corrected chi connectivity index (χ1v) is 20.0. The summed E-state index contributed by atoms with van der Waals surface area (Å²) in [5.41, 5.74) is 17.4. The van der Waals surface area contributed by atoms with Crippen LogP contribution >= 0.6 is 0 Å². The van der Waals surface area contributed by atoms with Crippen molar-refractivity contribution in [2.24, 2.45) is 0 Å². The summed E-state index contributed by atoms with van der Waals surface area (Å²) in [7, 11) is 0. The van der Waals surface area contributed by atoms with E-state index in [1.807, 2.05) is 0 Å². The highest BCUT2D eigenvalue weighted by Crippen LogP contribution is 2.38. The van der Waals surface area contributed by atoms with Crippen molar-refractivity contribution in [1.82, 2.24) is 9.13 Å². The van der Waals surface area contributed by atoms with Gasteiger partial charge in [0, 0.05) is 32.9 Å². The van der Waals surface area contributed by atoms with Gasteiger partial charge in [-0.3, -0.25) is 0 Å². The minimum atomic E-state index is 1.20. The molecule has 0 aliphatic heterocycles. The molecule has 0 aliphatic carbocycles. The van der Waals surface area contributed by atoms with E-state index in [-0.39, 0.29) is 0 Å². The van der Waals surface area contributed by atoms with Gasteiger partial charge in [0.05, 0.1) is 22.1 Å². The van der Waals surface area contributed by atoms with Gasteiger partial charge < -0.3 is 9.13 Å². The number of aromatic nitrogens is 2. The molecule has 2 heteroatoms. The Morgan fingerprint density at radius 3 is 0.983 bits per heavy atom. The van der Waals surface area contributed by atoms with E-state index in [9.17, 15) is 0 Å². The lowest BCUT2D eigenvalue weighted by molar-refractivity contribution is 1.17. The fourth-order valence-corrected chi connectivity index (χ4v) is 8.52. The number of benzene rings is 9. The Morgan fingerprint density at radius 2 is 0.586 bits per heavy atom. The molecule has 58 heavy (non-hydrogen) atoms. The monoisotopic (exact) mass is 742 g/mol. The molecule has 0 atom stereocenters. The Balaban J connectivity index is 0.000000144. The number of hydrogen-bond acceptors (Lipinski definition) is 0. The van der Waals surface area contributed by atoms with Crippen molar-refractivity contribution >= 4 is 43.6 Å². The third kappa shape index (κ3) is 6.45. The highest BCUT2D eigenvalue weighted by atomic mass is 15.0. The van der Waals surface area contributed by atoms with Crippen molar-refractivity contribution in [3.63, 3.8) is 0 Å². The Kier molecular flexibility index (Phi) is 9.01. The lowest BCUT2D eigenvalue weighted by Gasteiger charge is -2.09. The van der Waals surface area contributed by atoms with Crippen LogP contribution in [0.4, 0.5) is 0 Å². The third-order valence-electron chi connectivity index (χ3n) is 11.3. The van der Waals surface area contributed by atoms with E-state index in [4.69, 9.17) is 0 Å². The van der Waals surface area contributed by atoms with Gasteiger partial charge in [0.25, 0.3) is 0 Å². The zero-order valence-corrected chi connectivity index (χ0v) is 32.7. The highest BCUT2D eigenvalue weighted by Gasteiger charge is 2.16. The Morgan fingerprint density at radius 1 is 0.241 bits per heavy atom. The van der Waals surface area contributed by atoms with Crippen LogP contribution in [0.1, 0.15) is 11.1 Å². The van der Waals surface area contributed by atoms with E-state index in [0.717, 1.165) is 0 Å². The SMILES string of the molecule is Cc1cccc(-n2c3ccc(-c4ccccc4)cc3c3cc(-c4ccccc4)ccc32)c1.Cc1cccc(-n2c3ccccc3c3cc(-c4ccccc4)ccc32)c1. The van der Waals surface area contributed by atoms with Crippen LogP contribution in [0.3, 0.4) is 0 Å². The van der Waals surface area contributed by atoms with Gasteiger partial charge in [0.15, 0.2) is 0 Å². The number of nitrogens with zero attached hydrogens (tertiary/aromatic N) is 2. The molecule has 0 N–H and O–H groups in total. The predicted octanol–water partition coefficient (Wildman–Crippen LogP) is 15.2. The van der Waals surface area contributed by atoms with Gasteiger partial charge in [-0.15, -0.1) is 0 Å². The summed E-state index contributed by atoms with van der Waals surface area (Å²) in [4.78, 5) is 0. The predicted molar refractivity (Wildman–Crippen MR) is 247 cm³/mol. The van der Waals surface area contributed by atoms with E-state index in [1.54, 1.807) is 0 Å². The van der Waals surface area contributed by atoms with Crippen molar-refractivity contribution < 1.29 is 0 Å². The standard InChI is InChI=1S/C31H23N.C25H19N/c1-22-9-8-14-27(19-22)32-30-17-15-25(23-10-4-2-5-11-23)20-28(30)29-21-26(16-18-31(29)32)24-12-6-3-7-13-24;1-18-8-7-11-21(16-18)26-24-13-6-5-12-22(24)23-17-20(14-15-25(23)26)19-9-3-2-4-10-19/h2-21H,1H3;2-17H,1H3. The van der Waals surface area contributed by atoms with Crippen molar-refractivity contribution in [3.8, 4) is 44.8 Å². The Bertz CT molecular complexity index is 3130. The van der Waals surface area contributed by atoms with Crippen LogP contribution in [0, 0.1) is 13.8 Å². The second-order valence-electron chi connectivity index (χ2n) is 15.2. The number of para-hydroxylation sites is 1. The molecule has 0 saturated carbocycles. The normalized spacial score (nSPS) is 11.3. The van der Waals surface area contributed by atoms with Gasteiger partial charge in [0.2, 0.25) is 0 Å². The van der Waals surface area contributed by atoms with Gasteiger partial charge in [-0.05, 0) is 125 Å². The molecule has 9 aromatic carbocycles. The van der Waals surface area contributed by atoms with Crippen LogP contribution in [-0.2, 0) is 0 Å².